The van der Waals surface area contributed by atoms with Gasteiger partial charge in [0.2, 0.25) is 0 Å². The van der Waals surface area contributed by atoms with E-state index in [2.05, 4.69) is 10.3 Å². The smallest absolute Gasteiger partial charge is 0.376 e. The van der Waals surface area contributed by atoms with Gasteiger partial charge in [0.15, 0.2) is 5.96 Å². The van der Waals surface area contributed by atoms with Crippen molar-refractivity contribution in [1.29, 1.82) is 0 Å². The standard InChI is InChI=1S/C18H26F3N3O.HI/c1-2-22-17(23-10-9-18(19,20)21)24-11-8-16(12-24)14-25-13-15-6-4-3-5-7-15;/h3-7,16H,2,8-14H2,1H3,(H,22,23);1H. The molecular weight excluding hydrogens is 458 g/mol. The van der Waals surface area contributed by atoms with Gasteiger partial charge in [-0.25, -0.2) is 0 Å². The van der Waals surface area contributed by atoms with Gasteiger partial charge in [-0.15, -0.1) is 24.0 Å². The number of rotatable bonds is 7. The van der Waals surface area contributed by atoms with Gasteiger partial charge >= 0.3 is 6.18 Å². The Kier molecular flexibility index (Phi) is 10.3. The fraction of sp³-hybridized carbons (Fsp3) is 0.611. The third-order valence-corrected chi connectivity index (χ3v) is 4.04. The maximum absolute atomic E-state index is 12.3. The second kappa shape index (κ2) is 11.6. The number of nitrogens with one attached hydrogen (secondary N) is 1. The van der Waals surface area contributed by atoms with E-state index in [4.69, 9.17) is 4.74 Å². The van der Waals surface area contributed by atoms with Crippen LogP contribution in [0.1, 0.15) is 25.3 Å². The number of guanidine groups is 1. The first kappa shape index (κ1) is 23.0. The Bertz CT molecular complexity index is 540. The monoisotopic (exact) mass is 485 g/mol. The summed E-state index contributed by atoms with van der Waals surface area (Å²) in [5.74, 6) is 0.937. The van der Waals surface area contributed by atoms with Crippen molar-refractivity contribution in [2.24, 2.45) is 10.9 Å². The van der Waals surface area contributed by atoms with Crippen molar-refractivity contribution < 1.29 is 17.9 Å². The molecule has 1 unspecified atom stereocenters. The lowest BCUT2D eigenvalue weighted by Gasteiger charge is -2.22. The van der Waals surface area contributed by atoms with Crippen LogP contribution in [-0.4, -0.2) is 49.8 Å². The topological polar surface area (TPSA) is 36.9 Å². The summed E-state index contributed by atoms with van der Waals surface area (Å²) in [7, 11) is 0. The van der Waals surface area contributed by atoms with Crippen molar-refractivity contribution in [3.8, 4) is 0 Å². The molecule has 0 amide bonds. The van der Waals surface area contributed by atoms with Crippen molar-refractivity contribution in [3.05, 3.63) is 35.9 Å². The number of alkyl halides is 3. The molecule has 8 heteroatoms. The third kappa shape index (κ3) is 8.57. The molecule has 0 spiro atoms. The first-order chi connectivity index (χ1) is 12.0. The second-order valence-electron chi connectivity index (χ2n) is 6.20. The maximum Gasteiger partial charge on any atom is 0.390 e. The molecule has 0 saturated carbocycles. The fourth-order valence-corrected chi connectivity index (χ4v) is 2.79. The summed E-state index contributed by atoms with van der Waals surface area (Å²) in [5.41, 5.74) is 1.14. The van der Waals surface area contributed by atoms with Gasteiger partial charge in [0.05, 0.1) is 26.2 Å². The van der Waals surface area contributed by atoms with Crippen LogP contribution in [0.25, 0.3) is 0 Å². The largest absolute Gasteiger partial charge is 0.390 e. The number of benzene rings is 1. The van der Waals surface area contributed by atoms with Gasteiger partial charge in [-0.05, 0) is 18.9 Å². The number of likely N-dealkylation sites (tertiary alicyclic amines) is 1. The van der Waals surface area contributed by atoms with Crippen molar-refractivity contribution in [3.63, 3.8) is 0 Å². The van der Waals surface area contributed by atoms with E-state index in [1.165, 1.54) is 0 Å². The Hall–Kier alpha value is -1.03. The summed E-state index contributed by atoms with van der Waals surface area (Å²) in [6.07, 6.45) is -4.10. The van der Waals surface area contributed by atoms with E-state index in [9.17, 15) is 13.2 Å². The highest BCUT2D eigenvalue weighted by Gasteiger charge is 2.28. The van der Waals surface area contributed by atoms with Gasteiger partial charge in [0.25, 0.3) is 0 Å². The van der Waals surface area contributed by atoms with Crippen LogP contribution in [0.2, 0.25) is 0 Å². The summed E-state index contributed by atoms with van der Waals surface area (Å²) in [4.78, 5) is 6.14. The number of ether oxygens (including phenoxy) is 1. The number of nitrogens with zero attached hydrogens (tertiary/aromatic N) is 2. The minimum Gasteiger partial charge on any atom is -0.376 e. The fourth-order valence-electron chi connectivity index (χ4n) is 2.79. The van der Waals surface area contributed by atoms with Crippen molar-refractivity contribution in [1.82, 2.24) is 10.2 Å². The van der Waals surface area contributed by atoms with Gasteiger partial charge in [-0.3, -0.25) is 4.99 Å². The zero-order valence-electron chi connectivity index (χ0n) is 15.0. The minimum absolute atomic E-state index is 0. The van der Waals surface area contributed by atoms with Crippen LogP contribution in [0.3, 0.4) is 0 Å². The summed E-state index contributed by atoms with van der Waals surface area (Å²) in [5, 5.41) is 3.08. The van der Waals surface area contributed by atoms with Crippen LogP contribution >= 0.6 is 24.0 Å². The first-order valence-corrected chi connectivity index (χ1v) is 8.69. The van der Waals surface area contributed by atoms with Gasteiger partial charge in [-0.1, -0.05) is 30.3 Å². The molecule has 148 valence electrons. The van der Waals surface area contributed by atoms with Crippen LogP contribution in [-0.2, 0) is 11.3 Å². The number of halogens is 4. The lowest BCUT2D eigenvalue weighted by molar-refractivity contribution is -0.132. The quantitative estimate of drug-likeness (QED) is 0.360. The van der Waals surface area contributed by atoms with Gasteiger partial charge in [0, 0.05) is 25.6 Å². The zero-order chi connectivity index (χ0) is 18.1. The molecule has 1 aromatic carbocycles. The Labute approximate surface area is 170 Å². The molecule has 2 rings (SSSR count). The molecular formula is C18H27F3IN3O. The zero-order valence-corrected chi connectivity index (χ0v) is 17.3. The minimum atomic E-state index is -4.17. The predicted octanol–water partition coefficient (Wildman–Crippen LogP) is 4.06. The summed E-state index contributed by atoms with van der Waals surface area (Å²) in [6.45, 7) is 5.08. The highest BCUT2D eigenvalue weighted by molar-refractivity contribution is 14.0. The van der Waals surface area contributed by atoms with Crippen LogP contribution in [0.5, 0.6) is 0 Å². The van der Waals surface area contributed by atoms with E-state index in [1.807, 2.05) is 42.2 Å². The van der Waals surface area contributed by atoms with E-state index in [-0.39, 0.29) is 30.5 Å². The summed E-state index contributed by atoms with van der Waals surface area (Å²) in [6, 6.07) is 9.99. The number of hydrogen-bond donors (Lipinski definition) is 1. The van der Waals surface area contributed by atoms with E-state index >= 15 is 0 Å². The molecule has 1 saturated heterocycles. The van der Waals surface area contributed by atoms with Crippen LogP contribution < -0.4 is 5.32 Å². The molecule has 1 fully saturated rings. The number of aliphatic imine (C=N–C) groups is 1. The van der Waals surface area contributed by atoms with Gasteiger partial charge in [0.1, 0.15) is 0 Å². The molecule has 4 nitrogen and oxygen atoms in total. The molecule has 1 heterocycles. The molecule has 1 atom stereocenters. The lowest BCUT2D eigenvalue weighted by atomic mass is 10.1. The highest BCUT2D eigenvalue weighted by atomic mass is 127. The summed E-state index contributed by atoms with van der Waals surface area (Å²) >= 11 is 0. The van der Waals surface area contributed by atoms with E-state index in [0.717, 1.165) is 25.1 Å². The molecule has 26 heavy (non-hydrogen) atoms. The van der Waals surface area contributed by atoms with Gasteiger partial charge < -0.3 is 15.0 Å². The summed E-state index contributed by atoms with van der Waals surface area (Å²) < 4.78 is 42.7. The van der Waals surface area contributed by atoms with E-state index in [0.29, 0.717) is 31.6 Å². The second-order valence-corrected chi connectivity index (χ2v) is 6.20. The maximum atomic E-state index is 12.3. The predicted molar refractivity (Wildman–Crippen MR) is 108 cm³/mol. The lowest BCUT2D eigenvalue weighted by Crippen LogP contribution is -2.40. The molecule has 1 aliphatic rings. The Morgan fingerprint density at radius 1 is 1.31 bits per heavy atom. The molecule has 1 N–H and O–H groups in total. The normalized spacial score (nSPS) is 17.9. The SMILES string of the molecule is CCNC(=NCCC(F)(F)F)N1CCC(COCc2ccccc2)C1.I. The van der Waals surface area contributed by atoms with Crippen LogP contribution in [0, 0.1) is 5.92 Å². The van der Waals surface area contributed by atoms with Crippen molar-refractivity contribution in [2.45, 2.75) is 32.5 Å². The molecule has 0 bridgehead atoms. The third-order valence-electron chi connectivity index (χ3n) is 4.04. The van der Waals surface area contributed by atoms with Crippen LogP contribution in [0.4, 0.5) is 13.2 Å². The molecule has 0 radical (unpaired) electrons. The Morgan fingerprint density at radius 3 is 2.69 bits per heavy atom. The molecule has 0 aliphatic carbocycles. The van der Waals surface area contributed by atoms with E-state index < -0.39 is 12.6 Å². The molecule has 0 aromatic heterocycles. The molecule has 1 aliphatic heterocycles. The first-order valence-electron chi connectivity index (χ1n) is 8.69. The average Bonchev–Trinajstić information content (AvgIpc) is 3.03. The van der Waals surface area contributed by atoms with Crippen molar-refractivity contribution in [2.75, 3.05) is 32.8 Å². The number of hydrogen-bond acceptors (Lipinski definition) is 2. The van der Waals surface area contributed by atoms with Gasteiger partial charge in [-0.2, -0.15) is 13.2 Å². The Morgan fingerprint density at radius 2 is 2.04 bits per heavy atom. The average molecular weight is 485 g/mol. The molecule has 1 aromatic rings. The highest BCUT2D eigenvalue weighted by Crippen LogP contribution is 2.20. The van der Waals surface area contributed by atoms with E-state index in [1.54, 1.807) is 0 Å². The Balaban J connectivity index is 0.00000338. The van der Waals surface area contributed by atoms with Crippen molar-refractivity contribution >= 4 is 29.9 Å². The van der Waals surface area contributed by atoms with Crippen LogP contribution in [0.15, 0.2) is 35.3 Å².